The van der Waals surface area contributed by atoms with Crippen molar-refractivity contribution in [3.8, 4) is 5.95 Å². The third kappa shape index (κ3) is 2.77. The summed E-state index contributed by atoms with van der Waals surface area (Å²) in [5.74, 6) is 1.17. The fourth-order valence-electron chi connectivity index (χ4n) is 2.57. The summed E-state index contributed by atoms with van der Waals surface area (Å²) < 4.78 is 1.48. The van der Waals surface area contributed by atoms with Crippen molar-refractivity contribution in [2.75, 3.05) is 36.8 Å². The molecule has 0 aromatic carbocycles. The molecule has 3 rings (SSSR count). The van der Waals surface area contributed by atoms with Gasteiger partial charge in [-0.05, 0) is 13.5 Å². The molecular formula is C12H19N9. The normalized spacial score (nSPS) is 19.9. The van der Waals surface area contributed by atoms with Gasteiger partial charge >= 0.3 is 0 Å². The predicted octanol–water partition coefficient (Wildman–Crippen LogP) is -0.435. The minimum atomic E-state index is 0.191. The van der Waals surface area contributed by atoms with Crippen LogP contribution >= 0.6 is 0 Å². The Labute approximate surface area is 122 Å². The first-order valence-corrected chi connectivity index (χ1v) is 7.03. The Morgan fingerprint density at radius 3 is 2.71 bits per heavy atom. The first-order valence-electron chi connectivity index (χ1n) is 7.03. The summed E-state index contributed by atoms with van der Waals surface area (Å²) in [7, 11) is 0. The number of likely N-dealkylation sites (N-methyl/N-ethyl adjacent to an activating group) is 1. The number of nitrogen functional groups attached to an aromatic ring is 1. The highest BCUT2D eigenvalue weighted by Gasteiger charge is 2.24. The molecule has 1 aliphatic rings. The highest BCUT2D eigenvalue weighted by Crippen LogP contribution is 2.16. The molecule has 1 aliphatic heterocycles. The lowest BCUT2D eigenvalue weighted by atomic mass is 10.2. The van der Waals surface area contributed by atoms with Crippen molar-refractivity contribution in [2.24, 2.45) is 0 Å². The second-order valence-corrected chi connectivity index (χ2v) is 5.06. The molecule has 2 N–H and O–H groups in total. The zero-order valence-electron chi connectivity index (χ0n) is 12.2. The van der Waals surface area contributed by atoms with Crippen molar-refractivity contribution >= 4 is 11.9 Å². The van der Waals surface area contributed by atoms with Crippen molar-refractivity contribution in [1.82, 2.24) is 34.6 Å². The highest BCUT2D eigenvalue weighted by atomic mass is 15.4. The summed E-state index contributed by atoms with van der Waals surface area (Å²) in [5.41, 5.74) is 5.80. The zero-order valence-corrected chi connectivity index (χ0v) is 12.2. The molecular weight excluding hydrogens is 270 g/mol. The van der Waals surface area contributed by atoms with Crippen LogP contribution in [0, 0.1) is 0 Å². The maximum Gasteiger partial charge on any atom is 0.258 e. The van der Waals surface area contributed by atoms with E-state index in [2.05, 4.69) is 48.7 Å². The van der Waals surface area contributed by atoms with Crippen LogP contribution in [0.4, 0.5) is 11.9 Å². The molecule has 0 amide bonds. The average molecular weight is 289 g/mol. The molecule has 9 nitrogen and oxygen atoms in total. The van der Waals surface area contributed by atoms with E-state index in [-0.39, 0.29) is 5.95 Å². The van der Waals surface area contributed by atoms with E-state index < -0.39 is 0 Å². The predicted molar refractivity (Wildman–Crippen MR) is 78.1 cm³/mol. The van der Waals surface area contributed by atoms with Gasteiger partial charge in [0.1, 0.15) is 12.7 Å². The van der Waals surface area contributed by atoms with Crippen LogP contribution in [-0.4, -0.2) is 66.8 Å². The van der Waals surface area contributed by atoms with Gasteiger partial charge in [-0.3, -0.25) is 4.90 Å². The van der Waals surface area contributed by atoms with Gasteiger partial charge in [0.25, 0.3) is 5.95 Å². The molecule has 2 aromatic rings. The van der Waals surface area contributed by atoms with Crippen molar-refractivity contribution in [3.63, 3.8) is 0 Å². The topological polar surface area (TPSA) is 102 Å². The van der Waals surface area contributed by atoms with Crippen molar-refractivity contribution < 1.29 is 0 Å². The first kappa shape index (κ1) is 13.7. The lowest BCUT2D eigenvalue weighted by Crippen LogP contribution is -2.52. The van der Waals surface area contributed by atoms with E-state index in [9.17, 15) is 0 Å². The third-order valence-electron chi connectivity index (χ3n) is 3.71. The standard InChI is InChI=1S/C12H19N9/c1-3-19-4-5-20(6-9(19)2)11-16-10(13)17-12(18-11)21-8-14-7-15-21/h7-9H,3-6H2,1-2H3,(H2,13,16,17,18). The molecule has 1 saturated heterocycles. The molecule has 0 spiro atoms. The fourth-order valence-corrected chi connectivity index (χ4v) is 2.57. The summed E-state index contributed by atoms with van der Waals surface area (Å²) in [6.45, 7) is 8.17. The molecule has 0 radical (unpaired) electrons. The highest BCUT2D eigenvalue weighted by molar-refractivity contribution is 5.38. The number of hydrogen-bond acceptors (Lipinski definition) is 8. The Bertz CT molecular complexity index is 597. The Morgan fingerprint density at radius 2 is 2.05 bits per heavy atom. The summed E-state index contributed by atoms with van der Waals surface area (Å²) in [5, 5.41) is 4.02. The van der Waals surface area contributed by atoms with Crippen molar-refractivity contribution in [2.45, 2.75) is 19.9 Å². The number of aromatic nitrogens is 6. The molecule has 0 saturated carbocycles. The fraction of sp³-hybridized carbons (Fsp3) is 0.583. The summed E-state index contributed by atoms with van der Waals surface area (Å²) >= 11 is 0. The van der Waals surface area contributed by atoms with Gasteiger partial charge in [0.2, 0.25) is 11.9 Å². The smallest absolute Gasteiger partial charge is 0.258 e. The van der Waals surface area contributed by atoms with Crippen LogP contribution < -0.4 is 10.6 Å². The van der Waals surface area contributed by atoms with Gasteiger partial charge in [-0.25, -0.2) is 4.98 Å². The van der Waals surface area contributed by atoms with Gasteiger partial charge in [-0.1, -0.05) is 6.92 Å². The van der Waals surface area contributed by atoms with E-state index in [1.807, 2.05) is 0 Å². The average Bonchev–Trinajstić information content (AvgIpc) is 3.01. The number of piperazine rings is 1. The zero-order chi connectivity index (χ0) is 14.8. The van der Waals surface area contributed by atoms with Gasteiger partial charge in [0.15, 0.2) is 0 Å². The van der Waals surface area contributed by atoms with Crippen LogP contribution in [0.25, 0.3) is 5.95 Å². The van der Waals surface area contributed by atoms with E-state index in [0.717, 1.165) is 26.2 Å². The number of nitrogens with two attached hydrogens (primary N) is 1. The number of rotatable bonds is 3. The summed E-state index contributed by atoms with van der Waals surface area (Å²) in [6, 6.07) is 0.455. The molecule has 21 heavy (non-hydrogen) atoms. The minimum Gasteiger partial charge on any atom is -0.368 e. The molecule has 2 aromatic heterocycles. The molecule has 1 atom stereocenters. The van der Waals surface area contributed by atoms with Gasteiger partial charge < -0.3 is 10.6 Å². The quantitative estimate of drug-likeness (QED) is 0.811. The lowest BCUT2D eigenvalue weighted by Gasteiger charge is -2.39. The Balaban J connectivity index is 1.86. The summed E-state index contributed by atoms with van der Waals surface area (Å²) in [4.78, 5) is 21.3. The molecule has 3 heterocycles. The van der Waals surface area contributed by atoms with Gasteiger partial charge in [-0.2, -0.15) is 24.7 Å². The van der Waals surface area contributed by atoms with Crippen molar-refractivity contribution in [1.29, 1.82) is 0 Å². The maximum atomic E-state index is 5.80. The monoisotopic (exact) mass is 289 g/mol. The van der Waals surface area contributed by atoms with E-state index in [4.69, 9.17) is 5.73 Å². The van der Waals surface area contributed by atoms with Gasteiger partial charge in [-0.15, -0.1) is 0 Å². The Morgan fingerprint density at radius 1 is 1.24 bits per heavy atom. The lowest BCUT2D eigenvalue weighted by molar-refractivity contribution is 0.198. The van der Waals surface area contributed by atoms with E-state index >= 15 is 0 Å². The van der Waals surface area contributed by atoms with E-state index in [1.165, 1.54) is 17.3 Å². The van der Waals surface area contributed by atoms with Crippen molar-refractivity contribution in [3.05, 3.63) is 12.7 Å². The van der Waals surface area contributed by atoms with Crippen LogP contribution in [0.5, 0.6) is 0 Å². The molecule has 112 valence electrons. The molecule has 0 bridgehead atoms. The van der Waals surface area contributed by atoms with Crippen LogP contribution in [0.3, 0.4) is 0 Å². The van der Waals surface area contributed by atoms with E-state index in [1.54, 1.807) is 0 Å². The SMILES string of the molecule is CCN1CCN(c2nc(N)nc(-n3cncn3)n2)CC1C. The molecule has 1 fully saturated rings. The molecule has 0 aliphatic carbocycles. The maximum absolute atomic E-state index is 5.80. The van der Waals surface area contributed by atoms with Gasteiger partial charge in [0, 0.05) is 25.7 Å². The Kier molecular flexibility index (Phi) is 3.65. The van der Waals surface area contributed by atoms with Gasteiger partial charge in [0.05, 0.1) is 0 Å². The first-order chi connectivity index (χ1) is 10.2. The second-order valence-electron chi connectivity index (χ2n) is 5.06. The largest absolute Gasteiger partial charge is 0.368 e. The van der Waals surface area contributed by atoms with Crippen LogP contribution in [0.15, 0.2) is 12.7 Å². The number of anilines is 2. The Hall–Kier alpha value is -2.29. The van der Waals surface area contributed by atoms with Crippen LogP contribution in [0.2, 0.25) is 0 Å². The number of nitrogens with zero attached hydrogens (tertiary/aromatic N) is 8. The summed E-state index contributed by atoms with van der Waals surface area (Å²) in [6.07, 6.45) is 2.97. The molecule has 1 unspecified atom stereocenters. The van der Waals surface area contributed by atoms with E-state index in [0.29, 0.717) is 17.9 Å². The third-order valence-corrected chi connectivity index (χ3v) is 3.71. The molecule has 9 heteroatoms. The second kappa shape index (κ2) is 5.60. The van der Waals surface area contributed by atoms with Crippen LogP contribution in [0.1, 0.15) is 13.8 Å². The minimum absolute atomic E-state index is 0.191. The number of hydrogen-bond donors (Lipinski definition) is 1. The van der Waals surface area contributed by atoms with Crippen LogP contribution in [-0.2, 0) is 0 Å².